The molecule has 37 heavy (non-hydrogen) atoms. The van der Waals surface area contributed by atoms with E-state index in [-0.39, 0.29) is 44.1 Å². The molecule has 0 aromatic carbocycles. The summed E-state index contributed by atoms with van der Waals surface area (Å²) in [5, 5.41) is 14.7. The highest BCUT2D eigenvalue weighted by Gasteiger charge is 2.53. The number of halogens is 9. The highest BCUT2D eigenvalue weighted by atomic mass is 19.4. The number of carbonyl (C=O) groups is 2. The first-order chi connectivity index (χ1) is 16.9. The average molecular weight is 552 g/mol. The second-order valence-corrected chi connectivity index (χ2v) is 7.84. The Labute approximate surface area is 200 Å². The van der Waals surface area contributed by atoms with Crippen molar-refractivity contribution in [1.82, 2.24) is 19.9 Å². The van der Waals surface area contributed by atoms with Gasteiger partial charge in [-0.2, -0.15) is 31.3 Å². The van der Waals surface area contributed by atoms with Crippen molar-refractivity contribution in [2.75, 3.05) is 19.7 Å². The second-order valence-electron chi connectivity index (χ2n) is 7.84. The van der Waals surface area contributed by atoms with E-state index in [1.165, 1.54) is 12.4 Å². The Balaban J connectivity index is 0.000000286. The molecule has 2 N–H and O–H groups in total. The molecule has 2 fully saturated rings. The average Bonchev–Trinajstić information content (AvgIpc) is 3.22. The molecule has 0 radical (unpaired) electrons. The van der Waals surface area contributed by atoms with Crippen LogP contribution in [0.1, 0.15) is 12.8 Å². The smallest absolute Gasteiger partial charge is 0.475 e. The van der Waals surface area contributed by atoms with Crippen LogP contribution in [0.25, 0.3) is 10.9 Å². The topological polar surface area (TPSA) is 126 Å². The third-order valence-corrected chi connectivity index (χ3v) is 5.09. The molecule has 2 aromatic rings. The van der Waals surface area contributed by atoms with Crippen molar-refractivity contribution in [1.29, 1.82) is 0 Å². The first-order valence-corrected chi connectivity index (χ1v) is 9.97. The lowest BCUT2D eigenvalue weighted by molar-refractivity contribution is -0.193. The zero-order chi connectivity index (χ0) is 28.2. The van der Waals surface area contributed by atoms with E-state index in [1.807, 2.05) is 0 Å². The zero-order valence-corrected chi connectivity index (χ0v) is 18.2. The molecule has 2 aliphatic heterocycles. The summed E-state index contributed by atoms with van der Waals surface area (Å²) in [5.41, 5.74) is -0.544. The largest absolute Gasteiger partial charge is 0.490 e. The molecule has 2 aliphatic rings. The number of nitrogens with zero attached hydrogens (tertiary/aromatic N) is 4. The molecular weight excluding hydrogens is 535 g/mol. The summed E-state index contributed by atoms with van der Waals surface area (Å²) in [4.78, 5) is 31.4. The van der Waals surface area contributed by atoms with E-state index < -0.39 is 48.0 Å². The number of rotatable bonds is 3. The molecule has 4 heterocycles. The zero-order valence-electron chi connectivity index (χ0n) is 18.2. The predicted molar refractivity (Wildman–Crippen MR) is 103 cm³/mol. The first-order valence-electron chi connectivity index (χ1n) is 9.97. The van der Waals surface area contributed by atoms with Crippen LogP contribution >= 0.6 is 0 Å². The number of aromatic nitrogens is 3. The van der Waals surface area contributed by atoms with E-state index in [0.717, 1.165) is 6.20 Å². The number of aliphatic carboxylic acids is 2. The van der Waals surface area contributed by atoms with Gasteiger partial charge in [-0.15, -0.1) is 0 Å². The van der Waals surface area contributed by atoms with E-state index in [0.29, 0.717) is 5.39 Å². The van der Waals surface area contributed by atoms with Gasteiger partial charge < -0.3 is 14.9 Å². The number of hydrogen-bond acceptors (Lipinski definition) is 7. The fourth-order valence-corrected chi connectivity index (χ4v) is 3.62. The Morgan fingerprint density at radius 3 is 1.92 bits per heavy atom. The van der Waals surface area contributed by atoms with Gasteiger partial charge >= 0.3 is 30.3 Å². The molecule has 9 nitrogen and oxygen atoms in total. The maximum atomic E-state index is 13.7. The lowest BCUT2D eigenvalue weighted by Gasteiger charge is -2.30. The highest BCUT2D eigenvalue weighted by Crippen LogP contribution is 2.41. The quantitative estimate of drug-likeness (QED) is 0.552. The summed E-state index contributed by atoms with van der Waals surface area (Å²) in [6.07, 6.45) is -7.72. The standard InChI is InChI=1S/C15H15F3N4O.2C2HF3O2/c16-10-1-15(2-11(17)7-22(15)6-10)8-23-14-20-4-9-3-19-5-12(18)13(9)21-14;2*3-2(4,5)1(6)7/h3-5,10-11H,1-2,6-8H2;2*(H,6,7). The number of hydrogen-bond donors (Lipinski definition) is 2. The molecule has 4 rings (SSSR count). The Bertz CT molecular complexity index is 1080. The number of ether oxygens (including phenoxy) is 1. The summed E-state index contributed by atoms with van der Waals surface area (Å²) in [5.74, 6) is -6.08. The minimum absolute atomic E-state index is 0.00143. The van der Waals surface area contributed by atoms with Crippen LogP contribution in [0.4, 0.5) is 39.5 Å². The fourth-order valence-electron chi connectivity index (χ4n) is 3.62. The van der Waals surface area contributed by atoms with Gasteiger partial charge in [0.15, 0.2) is 5.82 Å². The molecule has 0 bridgehead atoms. The van der Waals surface area contributed by atoms with E-state index in [9.17, 15) is 39.5 Å². The maximum absolute atomic E-state index is 13.7. The van der Waals surface area contributed by atoms with Gasteiger partial charge in [-0.3, -0.25) is 9.88 Å². The van der Waals surface area contributed by atoms with Crippen molar-refractivity contribution in [2.45, 2.75) is 43.1 Å². The van der Waals surface area contributed by atoms with Crippen molar-refractivity contribution in [3.63, 3.8) is 0 Å². The Morgan fingerprint density at radius 1 is 0.973 bits per heavy atom. The first kappa shape index (κ1) is 29.8. The molecule has 0 aliphatic carbocycles. The van der Waals surface area contributed by atoms with Gasteiger partial charge in [0.1, 0.15) is 24.5 Å². The predicted octanol–water partition coefficient (Wildman–Crippen LogP) is 3.33. The molecule has 206 valence electrons. The summed E-state index contributed by atoms with van der Waals surface area (Å²) in [6.45, 7) is 0.539. The number of carboxylic acid groups (broad SMARTS) is 2. The number of alkyl halides is 8. The molecule has 0 saturated carbocycles. The lowest BCUT2D eigenvalue weighted by atomic mass is 9.94. The van der Waals surface area contributed by atoms with E-state index in [2.05, 4.69) is 15.0 Å². The maximum Gasteiger partial charge on any atom is 0.490 e. The van der Waals surface area contributed by atoms with Crippen molar-refractivity contribution in [3.05, 3.63) is 24.4 Å². The fraction of sp³-hybridized carbons (Fsp3) is 0.526. The lowest BCUT2D eigenvalue weighted by Crippen LogP contribution is -2.43. The van der Waals surface area contributed by atoms with Crippen LogP contribution in [-0.4, -0.2) is 91.9 Å². The van der Waals surface area contributed by atoms with Crippen LogP contribution < -0.4 is 4.74 Å². The summed E-state index contributed by atoms with van der Waals surface area (Å²) < 4.78 is 110. The molecule has 2 unspecified atom stereocenters. The molecule has 2 atom stereocenters. The minimum Gasteiger partial charge on any atom is -0.475 e. The van der Waals surface area contributed by atoms with Crippen LogP contribution in [0.2, 0.25) is 0 Å². The molecule has 0 amide bonds. The summed E-state index contributed by atoms with van der Waals surface area (Å²) >= 11 is 0. The Hall–Kier alpha value is -3.44. The number of pyridine rings is 1. The summed E-state index contributed by atoms with van der Waals surface area (Å²) in [7, 11) is 0. The Morgan fingerprint density at radius 2 is 1.46 bits per heavy atom. The van der Waals surface area contributed by atoms with Crippen LogP contribution in [-0.2, 0) is 9.59 Å². The molecule has 18 heteroatoms. The second kappa shape index (κ2) is 11.3. The molecular formula is C19H17F9N4O5. The van der Waals surface area contributed by atoms with E-state index >= 15 is 0 Å². The third kappa shape index (κ3) is 8.02. The van der Waals surface area contributed by atoms with Crippen LogP contribution in [0.5, 0.6) is 6.01 Å². The van der Waals surface area contributed by atoms with Gasteiger partial charge in [-0.25, -0.2) is 27.7 Å². The molecule has 2 aromatic heterocycles. The van der Waals surface area contributed by atoms with E-state index in [4.69, 9.17) is 24.5 Å². The van der Waals surface area contributed by atoms with Crippen molar-refractivity contribution < 1.29 is 64.1 Å². The van der Waals surface area contributed by atoms with Crippen LogP contribution in [0.3, 0.4) is 0 Å². The van der Waals surface area contributed by atoms with Gasteiger partial charge in [0.05, 0.1) is 11.7 Å². The number of fused-ring (bicyclic) bond motifs is 2. The summed E-state index contributed by atoms with van der Waals surface area (Å²) in [6, 6.07) is 0.00143. The van der Waals surface area contributed by atoms with Crippen molar-refractivity contribution in [3.8, 4) is 6.01 Å². The third-order valence-electron chi connectivity index (χ3n) is 5.09. The van der Waals surface area contributed by atoms with Gasteiger partial charge in [0, 0.05) is 43.7 Å². The monoisotopic (exact) mass is 552 g/mol. The van der Waals surface area contributed by atoms with Gasteiger partial charge in [0.2, 0.25) is 0 Å². The van der Waals surface area contributed by atoms with Gasteiger partial charge in [0.25, 0.3) is 0 Å². The normalized spacial score (nSPS) is 23.4. The Kier molecular flexibility index (Phi) is 9.10. The van der Waals surface area contributed by atoms with Crippen molar-refractivity contribution in [2.24, 2.45) is 0 Å². The van der Waals surface area contributed by atoms with Crippen molar-refractivity contribution >= 4 is 22.8 Å². The molecule has 0 spiro atoms. The highest BCUT2D eigenvalue weighted by molar-refractivity contribution is 5.77. The van der Waals surface area contributed by atoms with Crippen LogP contribution in [0, 0.1) is 5.82 Å². The van der Waals surface area contributed by atoms with E-state index in [1.54, 1.807) is 4.90 Å². The minimum atomic E-state index is -5.08. The van der Waals surface area contributed by atoms with Gasteiger partial charge in [-0.05, 0) is 0 Å². The van der Waals surface area contributed by atoms with Gasteiger partial charge in [-0.1, -0.05) is 0 Å². The SMILES string of the molecule is Fc1cncc2cnc(OCC34CC(F)CN3CC(F)C4)nc12.O=C(O)C(F)(F)F.O=C(O)C(F)(F)F. The molecule has 2 saturated heterocycles. The van der Waals surface area contributed by atoms with Crippen LogP contribution in [0.15, 0.2) is 18.6 Å². The number of carboxylic acids is 2.